The van der Waals surface area contributed by atoms with Crippen LogP contribution in [0.1, 0.15) is 62.3 Å². The third-order valence-corrected chi connectivity index (χ3v) is 7.34. The van der Waals surface area contributed by atoms with E-state index in [2.05, 4.69) is 35.1 Å². The second kappa shape index (κ2) is 14.1. The number of aryl methyl sites for hydroxylation is 1. The van der Waals surface area contributed by atoms with Crippen molar-refractivity contribution in [3.63, 3.8) is 0 Å². The van der Waals surface area contributed by atoms with Crippen LogP contribution in [0.2, 0.25) is 0 Å². The fourth-order valence-corrected chi connectivity index (χ4v) is 4.61. The van der Waals surface area contributed by atoms with Gasteiger partial charge in [0.2, 0.25) is 5.91 Å². The summed E-state index contributed by atoms with van der Waals surface area (Å²) in [5.41, 5.74) is 4.27. The summed E-state index contributed by atoms with van der Waals surface area (Å²) in [6, 6.07) is 23.1. The molecule has 2 amide bonds. The Morgan fingerprint density at radius 1 is 0.947 bits per heavy atom. The van der Waals surface area contributed by atoms with Crippen molar-refractivity contribution in [2.45, 2.75) is 72.0 Å². The van der Waals surface area contributed by atoms with Gasteiger partial charge in [-0.3, -0.25) is 9.59 Å². The van der Waals surface area contributed by atoms with Gasteiger partial charge in [0.25, 0.3) is 5.91 Å². The van der Waals surface area contributed by atoms with E-state index in [9.17, 15) is 9.59 Å². The molecule has 6 heteroatoms. The largest absolute Gasteiger partial charge is 0.483 e. The van der Waals surface area contributed by atoms with Gasteiger partial charge in [-0.05, 0) is 70.9 Å². The predicted octanol–water partition coefficient (Wildman–Crippen LogP) is 6.81. The lowest BCUT2D eigenvalue weighted by Gasteiger charge is -2.32. The first-order chi connectivity index (χ1) is 18.2. The van der Waals surface area contributed by atoms with Gasteiger partial charge in [-0.2, -0.15) is 0 Å². The molecular formula is C32H39BrN2O3. The molecule has 0 radical (unpaired) electrons. The molecule has 0 heterocycles. The minimum Gasteiger partial charge on any atom is -0.483 e. The Balaban J connectivity index is 1.91. The molecule has 0 saturated heterocycles. The summed E-state index contributed by atoms with van der Waals surface area (Å²) in [7, 11) is 0. The zero-order valence-corrected chi connectivity index (χ0v) is 24.6. The molecule has 1 N–H and O–H groups in total. The standard InChI is InChI=1S/C32H39BrN2O3/c1-6-24(5)34-32(37)29(18-25-10-8-7-9-11-25)35(20-26-14-12-23(4)13-15-26)31(36)21-38-30-17-16-27(22(2)3)19-28(30)33/h7-17,19,22,24,29H,6,18,20-21H2,1-5H3,(H,34,37)/t24-,29+/m0/s1. The number of benzene rings is 3. The highest BCUT2D eigenvalue weighted by Gasteiger charge is 2.31. The summed E-state index contributed by atoms with van der Waals surface area (Å²) < 4.78 is 6.79. The number of halogens is 1. The van der Waals surface area contributed by atoms with Crippen LogP contribution >= 0.6 is 15.9 Å². The molecule has 5 nitrogen and oxygen atoms in total. The van der Waals surface area contributed by atoms with Crippen LogP contribution in [0, 0.1) is 6.92 Å². The quantitative estimate of drug-likeness (QED) is 0.256. The Morgan fingerprint density at radius 2 is 1.63 bits per heavy atom. The number of carbonyl (C=O) groups excluding carboxylic acids is 2. The molecule has 38 heavy (non-hydrogen) atoms. The molecule has 202 valence electrons. The van der Waals surface area contributed by atoms with Crippen LogP contribution in [0.5, 0.6) is 5.75 Å². The number of ether oxygens (including phenoxy) is 1. The van der Waals surface area contributed by atoms with Crippen LogP contribution in [-0.4, -0.2) is 35.4 Å². The fourth-order valence-electron chi connectivity index (χ4n) is 4.10. The van der Waals surface area contributed by atoms with Crippen molar-refractivity contribution in [1.82, 2.24) is 10.2 Å². The van der Waals surface area contributed by atoms with Crippen LogP contribution < -0.4 is 10.1 Å². The average molecular weight is 580 g/mol. The van der Waals surface area contributed by atoms with E-state index in [-0.39, 0.29) is 24.5 Å². The number of nitrogens with zero attached hydrogens (tertiary/aromatic N) is 1. The number of rotatable bonds is 12. The average Bonchev–Trinajstić information content (AvgIpc) is 2.91. The molecule has 0 unspecified atom stereocenters. The predicted molar refractivity (Wildman–Crippen MR) is 157 cm³/mol. The Hall–Kier alpha value is -3.12. The highest BCUT2D eigenvalue weighted by Crippen LogP contribution is 2.29. The molecule has 0 saturated carbocycles. The third kappa shape index (κ3) is 8.45. The number of nitrogens with one attached hydrogen (secondary N) is 1. The summed E-state index contributed by atoms with van der Waals surface area (Å²) in [5.74, 6) is 0.577. The summed E-state index contributed by atoms with van der Waals surface area (Å²) in [6.07, 6.45) is 1.21. The van der Waals surface area contributed by atoms with Crippen molar-refractivity contribution in [3.8, 4) is 5.75 Å². The van der Waals surface area contributed by atoms with Crippen LogP contribution in [0.4, 0.5) is 0 Å². The van der Waals surface area contributed by atoms with Crippen LogP contribution in [0.25, 0.3) is 0 Å². The molecule has 0 bridgehead atoms. The lowest BCUT2D eigenvalue weighted by atomic mass is 10.0. The molecule has 3 aromatic rings. The van der Waals surface area contributed by atoms with Gasteiger partial charge in [0.15, 0.2) is 6.61 Å². The molecule has 0 aliphatic heterocycles. The molecule has 3 aromatic carbocycles. The van der Waals surface area contributed by atoms with E-state index in [4.69, 9.17) is 4.74 Å². The van der Waals surface area contributed by atoms with Gasteiger partial charge in [0.1, 0.15) is 11.8 Å². The monoisotopic (exact) mass is 578 g/mol. The lowest BCUT2D eigenvalue weighted by molar-refractivity contribution is -0.143. The second-order valence-electron chi connectivity index (χ2n) is 10.2. The zero-order valence-electron chi connectivity index (χ0n) is 23.0. The number of hydrogen-bond acceptors (Lipinski definition) is 3. The van der Waals surface area contributed by atoms with E-state index in [1.165, 1.54) is 5.56 Å². The Kier molecular flexibility index (Phi) is 11.0. The van der Waals surface area contributed by atoms with Crippen molar-refractivity contribution in [1.29, 1.82) is 0 Å². The highest BCUT2D eigenvalue weighted by atomic mass is 79.9. The van der Waals surface area contributed by atoms with Gasteiger partial charge in [-0.15, -0.1) is 0 Å². The van der Waals surface area contributed by atoms with Crippen LogP contribution in [-0.2, 0) is 22.6 Å². The lowest BCUT2D eigenvalue weighted by Crippen LogP contribution is -2.53. The first-order valence-corrected chi connectivity index (χ1v) is 14.1. The van der Waals surface area contributed by atoms with Gasteiger partial charge < -0.3 is 15.0 Å². The van der Waals surface area contributed by atoms with E-state index in [0.717, 1.165) is 27.6 Å². The van der Waals surface area contributed by atoms with E-state index >= 15 is 0 Å². The van der Waals surface area contributed by atoms with Crippen molar-refractivity contribution in [2.75, 3.05) is 6.61 Å². The van der Waals surface area contributed by atoms with E-state index in [0.29, 0.717) is 24.6 Å². The highest BCUT2D eigenvalue weighted by molar-refractivity contribution is 9.10. The normalized spacial score (nSPS) is 12.6. The molecule has 3 rings (SSSR count). The van der Waals surface area contributed by atoms with Crippen molar-refractivity contribution >= 4 is 27.7 Å². The first-order valence-electron chi connectivity index (χ1n) is 13.3. The second-order valence-corrected chi connectivity index (χ2v) is 11.0. The molecule has 2 atom stereocenters. The molecular weight excluding hydrogens is 540 g/mol. The van der Waals surface area contributed by atoms with Crippen molar-refractivity contribution in [3.05, 3.63) is 99.5 Å². The maximum Gasteiger partial charge on any atom is 0.261 e. The molecule has 0 spiro atoms. The van der Waals surface area contributed by atoms with E-state index in [1.54, 1.807) is 4.90 Å². The molecule has 0 aliphatic rings. The number of carbonyl (C=O) groups is 2. The van der Waals surface area contributed by atoms with Crippen LogP contribution in [0.3, 0.4) is 0 Å². The Labute approximate surface area is 235 Å². The zero-order chi connectivity index (χ0) is 27.7. The summed E-state index contributed by atoms with van der Waals surface area (Å²) in [5, 5.41) is 3.10. The van der Waals surface area contributed by atoms with Gasteiger partial charge in [0, 0.05) is 19.0 Å². The first kappa shape index (κ1) is 29.4. The SMILES string of the molecule is CC[C@H](C)NC(=O)[C@@H](Cc1ccccc1)N(Cc1ccc(C)cc1)C(=O)COc1ccc(C(C)C)cc1Br. The van der Waals surface area contributed by atoms with Crippen LogP contribution in [0.15, 0.2) is 77.3 Å². The Morgan fingerprint density at radius 3 is 2.24 bits per heavy atom. The minimum absolute atomic E-state index is 0.00350. The minimum atomic E-state index is -0.685. The topological polar surface area (TPSA) is 58.6 Å². The number of hydrogen-bond donors (Lipinski definition) is 1. The summed E-state index contributed by atoms with van der Waals surface area (Å²) in [6.45, 7) is 10.4. The molecule has 0 aliphatic carbocycles. The van der Waals surface area contributed by atoms with Gasteiger partial charge in [-0.1, -0.05) is 87.0 Å². The smallest absolute Gasteiger partial charge is 0.261 e. The summed E-state index contributed by atoms with van der Waals surface area (Å²) in [4.78, 5) is 29.0. The number of amides is 2. The molecule has 0 aromatic heterocycles. The van der Waals surface area contributed by atoms with E-state index in [1.807, 2.05) is 93.6 Å². The fraction of sp³-hybridized carbons (Fsp3) is 0.375. The Bertz CT molecular complexity index is 1200. The summed E-state index contributed by atoms with van der Waals surface area (Å²) >= 11 is 3.58. The van der Waals surface area contributed by atoms with Crippen molar-refractivity contribution in [2.24, 2.45) is 0 Å². The maximum absolute atomic E-state index is 13.8. The van der Waals surface area contributed by atoms with Gasteiger partial charge in [0.05, 0.1) is 4.47 Å². The van der Waals surface area contributed by atoms with Crippen molar-refractivity contribution < 1.29 is 14.3 Å². The van der Waals surface area contributed by atoms with Gasteiger partial charge in [-0.25, -0.2) is 0 Å². The molecule has 0 fully saturated rings. The third-order valence-electron chi connectivity index (χ3n) is 6.72. The maximum atomic E-state index is 13.8. The van der Waals surface area contributed by atoms with E-state index < -0.39 is 6.04 Å². The van der Waals surface area contributed by atoms with Gasteiger partial charge >= 0.3 is 0 Å².